The summed E-state index contributed by atoms with van der Waals surface area (Å²) in [5.41, 5.74) is 4.70. The van der Waals surface area contributed by atoms with Crippen LogP contribution in [0.3, 0.4) is 0 Å². The SMILES string of the molecule is CCOC(=O)CN1CCCc2cc(OCc3cccc(Br)c3C)ccc21. The van der Waals surface area contributed by atoms with Gasteiger partial charge < -0.3 is 14.4 Å². The van der Waals surface area contributed by atoms with E-state index in [2.05, 4.69) is 46.0 Å². The highest BCUT2D eigenvalue weighted by atomic mass is 79.9. The number of hydrogen-bond acceptors (Lipinski definition) is 4. The minimum atomic E-state index is -0.175. The summed E-state index contributed by atoms with van der Waals surface area (Å²) in [6, 6.07) is 12.3. The predicted octanol–water partition coefficient (Wildman–Crippen LogP) is 4.65. The molecule has 1 aliphatic heterocycles. The largest absolute Gasteiger partial charge is 0.489 e. The number of aryl methyl sites for hydroxylation is 1. The highest BCUT2D eigenvalue weighted by Gasteiger charge is 2.20. The van der Waals surface area contributed by atoms with Crippen LogP contribution in [0.1, 0.15) is 30.0 Å². The second-order valence-electron chi connectivity index (χ2n) is 6.43. The number of carbonyl (C=O) groups excluding carboxylic acids is 1. The van der Waals surface area contributed by atoms with Crippen molar-refractivity contribution in [2.24, 2.45) is 0 Å². The average molecular weight is 418 g/mol. The Hall–Kier alpha value is -2.01. The van der Waals surface area contributed by atoms with E-state index in [9.17, 15) is 4.79 Å². The third-order valence-corrected chi connectivity index (χ3v) is 5.52. The van der Waals surface area contributed by atoms with Gasteiger partial charge in [0.2, 0.25) is 0 Å². The van der Waals surface area contributed by atoms with Gasteiger partial charge in [-0.1, -0.05) is 28.1 Å². The maximum Gasteiger partial charge on any atom is 0.325 e. The Morgan fingerprint density at radius 3 is 2.92 bits per heavy atom. The second kappa shape index (κ2) is 8.58. The predicted molar refractivity (Wildman–Crippen MR) is 107 cm³/mol. The molecular formula is C21H24BrNO3. The van der Waals surface area contributed by atoms with Crippen LogP contribution in [0.4, 0.5) is 5.69 Å². The van der Waals surface area contributed by atoms with Gasteiger partial charge in [-0.25, -0.2) is 0 Å². The molecule has 138 valence electrons. The summed E-state index contributed by atoms with van der Waals surface area (Å²) in [6.07, 6.45) is 2.03. The first-order chi connectivity index (χ1) is 12.6. The fraction of sp³-hybridized carbons (Fsp3) is 0.381. The summed E-state index contributed by atoms with van der Waals surface area (Å²) in [7, 11) is 0. The van der Waals surface area contributed by atoms with Gasteiger partial charge in [-0.05, 0) is 67.6 Å². The van der Waals surface area contributed by atoms with Gasteiger partial charge in [0.25, 0.3) is 0 Å². The third kappa shape index (κ3) is 4.39. The van der Waals surface area contributed by atoms with Crippen LogP contribution in [0.15, 0.2) is 40.9 Å². The van der Waals surface area contributed by atoms with Crippen molar-refractivity contribution < 1.29 is 14.3 Å². The Bertz CT molecular complexity index is 791. The lowest BCUT2D eigenvalue weighted by molar-refractivity contribution is -0.141. The van der Waals surface area contributed by atoms with E-state index in [0.29, 0.717) is 19.8 Å². The van der Waals surface area contributed by atoms with Crippen molar-refractivity contribution in [1.29, 1.82) is 0 Å². The molecule has 0 unspecified atom stereocenters. The Morgan fingerprint density at radius 2 is 2.12 bits per heavy atom. The highest BCUT2D eigenvalue weighted by molar-refractivity contribution is 9.10. The molecule has 3 rings (SSSR count). The number of nitrogens with zero attached hydrogens (tertiary/aromatic N) is 1. The molecule has 26 heavy (non-hydrogen) atoms. The van der Waals surface area contributed by atoms with Crippen molar-refractivity contribution in [3.05, 3.63) is 57.6 Å². The average Bonchev–Trinajstić information content (AvgIpc) is 2.63. The summed E-state index contributed by atoms with van der Waals surface area (Å²) in [5.74, 6) is 0.687. The molecule has 0 bridgehead atoms. The number of anilines is 1. The van der Waals surface area contributed by atoms with Gasteiger partial charge in [-0.2, -0.15) is 0 Å². The fourth-order valence-electron chi connectivity index (χ4n) is 3.24. The van der Waals surface area contributed by atoms with Crippen molar-refractivity contribution in [1.82, 2.24) is 0 Å². The zero-order valence-electron chi connectivity index (χ0n) is 15.3. The number of carbonyl (C=O) groups is 1. The summed E-state index contributed by atoms with van der Waals surface area (Å²) in [5, 5.41) is 0. The summed E-state index contributed by atoms with van der Waals surface area (Å²) in [4.78, 5) is 13.9. The maximum absolute atomic E-state index is 11.8. The summed E-state index contributed by atoms with van der Waals surface area (Å²) < 4.78 is 12.2. The van der Waals surface area contributed by atoms with Crippen LogP contribution in [0.2, 0.25) is 0 Å². The lowest BCUT2D eigenvalue weighted by atomic mass is 10.0. The highest BCUT2D eigenvalue weighted by Crippen LogP contribution is 2.31. The van der Waals surface area contributed by atoms with Crippen LogP contribution in [0.25, 0.3) is 0 Å². The van der Waals surface area contributed by atoms with E-state index in [1.54, 1.807) is 0 Å². The zero-order valence-corrected chi connectivity index (χ0v) is 16.8. The molecule has 2 aromatic carbocycles. The summed E-state index contributed by atoms with van der Waals surface area (Å²) in [6.45, 7) is 6.06. The number of ether oxygens (including phenoxy) is 2. The molecule has 0 spiro atoms. The number of hydrogen-bond donors (Lipinski definition) is 0. The monoisotopic (exact) mass is 417 g/mol. The molecule has 0 saturated carbocycles. The molecule has 0 radical (unpaired) electrons. The van der Waals surface area contributed by atoms with E-state index in [1.165, 1.54) is 16.7 Å². The normalized spacial score (nSPS) is 13.3. The lowest BCUT2D eigenvalue weighted by Gasteiger charge is -2.30. The number of esters is 1. The molecule has 5 heteroatoms. The maximum atomic E-state index is 11.8. The van der Waals surface area contributed by atoms with Gasteiger partial charge in [0.05, 0.1) is 6.61 Å². The smallest absolute Gasteiger partial charge is 0.325 e. The van der Waals surface area contributed by atoms with Crippen LogP contribution < -0.4 is 9.64 Å². The Kier molecular flexibility index (Phi) is 6.20. The first-order valence-electron chi connectivity index (χ1n) is 8.98. The van der Waals surface area contributed by atoms with Crippen LogP contribution >= 0.6 is 15.9 Å². The van der Waals surface area contributed by atoms with Gasteiger partial charge in [0, 0.05) is 16.7 Å². The van der Waals surface area contributed by atoms with Crippen molar-refractivity contribution >= 4 is 27.6 Å². The van der Waals surface area contributed by atoms with E-state index < -0.39 is 0 Å². The van der Waals surface area contributed by atoms with E-state index in [4.69, 9.17) is 9.47 Å². The molecule has 1 heterocycles. The number of halogens is 1. The Balaban J connectivity index is 1.70. The minimum Gasteiger partial charge on any atom is -0.489 e. The molecular weight excluding hydrogens is 394 g/mol. The van der Waals surface area contributed by atoms with Gasteiger partial charge in [-0.15, -0.1) is 0 Å². The molecule has 1 aliphatic rings. The molecule has 0 aromatic heterocycles. The molecule has 0 amide bonds. The van der Waals surface area contributed by atoms with Gasteiger partial charge in [0.1, 0.15) is 18.9 Å². The molecule has 0 aliphatic carbocycles. The molecule has 0 fully saturated rings. The minimum absolute atomic E-state index is 0.175. The molecule has 2 aromatic rings. The van der Waals surface area contributed by atoms with Crippen molar-refractivity contribution in [2.45, 2.75) is 33.3 Å². The van der Waals surface area contributed by atoms with Gasteiger partial charge >= 0.3 is 5.97 Å². The Morgan fingerprint density at radius 1 is 1.27 bits per heavy atom. The molecule has 0 saturated heterocycles. The molecule has 0 N–H and O–H groups in total. The zero-order chi connectivity index (χ0) is 18.5. The first-order valence-corrected chi connectivity index (χ1v) is 9.78. The third-order valence-electron chi connectivity index (χ3n) is 4.67. The van der Waals surface area contributed by atoms with E-state index in [0.717, 1.165) is 35.3 Å². The summed E-state index contributed by atoms with van der Waals surface area (Å²) >= 11 is 3.56. The van der Waals surface area contributed by atoms with Crippen molar-refractivity contribution in [3.63, 3.8) is 0 Å². The molecule has 4 nitrogen and oxygen atoms in total. The van der Waals surface area contributed by atoms with E-state index in [1.807, 2.05) is 25.1 Å². The van der Waals surface area contributed by atoms with Gasteiger partial charge in [0.15, 0.2) is 0 Å². The number of rotatable bonds is 6. The second-order valence-corrected chi connectivity index (χ2v) is 7.29. The van der Waals surface area contributed by atoms with Crippen LogP contribution in [0, 0.1) is 6.92 Å². The number of fused-ring (bicyclic) bond motifs is 1. The number of benzene rings is 2. The van der Waals surface area contributed by atoms with Crippen molar-refractivity contribution in [3.8, 4) is 5.75 Å². The van der Waals surface area contributed by atoms with Crippen LogP contribution in [-0.4, -0.2) is 25.7 Å². The van der Waals surface area contributed by atoms with Gasteiger partial charge in [-0.3, -0.25) is 4.79 Å². The standard InChI is InChI=1S/C21H24BrNO3/c1-3-25-21(24)13-23-11-5-7-16-12-18(9-10-20(16)23)26-14-17-6-4-8-19(22)15(17)2/h4,6,8-10,12H,3,5,7,11,13-14H2,1-2H3. The van der Waals surface area contributed by atoms with E-state index >= 15 is 0 Å². The van der Waals surface area contributed by atoms with E-state index in [-0.39, 0.29) is 5.97 Å². The van der Waals surface area contributed by atoms with Crippen LogP contribution in [-0.2, 0) is 22.6 Å². The van der Waals surface area contributed by atoms with Crippen molar-refractivity contribution in [2.75, 3.05) is 24.6 Å². The fourth-order valence-corrected chi connectivity index (χ4v) is 3.64. The topological polar surface area (TPSA) is 38.8 Å². The first kappa shape index (κ1) is 18.8. The lowest BCUT2D eigenvalue weighted by Crippen LogP contribution is -2.35. The van der Waals surface area contributed by atoms with Crippen LogP contribution in [0.5, 0.6) is 5.75 Å². The Labute approximate surface area is 163 Å². The molecule has 0 atom stereocenters. The quantitative estimate of drug-likeness (QED) is 0.641.